The minimum atomic E-state index is -0.591. The van der Waals surface area contributed by atoms with Crippen LogP contribution >= 0.6 is 11.6 Å². The van der Waals surface area contributed by atoms with Gasteiger partial charge >= 0.3 is 0 Å². The predicted molar refractivity (Wildman–Crippen MR) is 52.7 cm³/mol. The molecular weight excluding hydrogens is 200 g/mol. The van der Waals surface area contributed by atoms with Crippen LogP contribution in [0.2, 0.25) is 0 Å². The number of hydrogen-bond donors (Lipinski definition) is 1. The summed E-state index contributed by atoms with van der Waals surface area (Å²) in [6.07, 6.45) is 4.25. The van der Waals surface area contributed by atoms with Crippen LogP contribution < -0.4 is 5.32 Å². The van der Waals surface area contributed by atoms with E-state index in [1.165, 1.54) is 0 Å². The molecule has 2 fully saturated rings. The highest BCUT2D eigenvalue weighted by Gasteiger charge is 2.55. The number of nitriles is 1. The molecule has 0 radical (unpaired) electrons. The first kappa shape index (κ1) is 9.79. The van der Waals surface area contributed by atoms with Crippen LogP contribution in [-0.2, 0) is 4.79 Å². The molecule has 0 aromatic rings. The minimum Gasteiger partial charge on any atom is -0.336 e. The molecule has 76 valence electrons. The molecule has 2 aliphatic rings. The summed E-state index contributed by atoms with van der Waals surface area (Å²) < 4.78 is 0. The first-order valence-electron chi connectivity index (χ1n) is 5.01. The number of nitrogens with one attached hydrogen (secondary N) is 1. The Kier molecular flexibility index (Phi) is 2.40. The number of carbonyl (C=O) groups is 1. The highest BCUT2D eigenvalue weighted by Crippen LogP contribution is 2.51. The van der Waals surface area contributed by atoms with Crippen molar-refractivity contribution in [3.05, 3.63) is 0 Å². The van der Waals surface area contributed by atoms with Crippen LogP contribution in [0.15, 0.2) is 0 Å². The molecule has 0 aromatic heterocycles. The van der Waals surface area contributed by atoms with E-state index in [0.29, 0.717) is 11.8 Å². The number of nitrogens with zero attached hydrogens (tertiary/aromatic N) is 1. The Morgan fingerprint density at radius 2 is 1.93 bits per heavy atom. The monoisotopic (exact) mass is 212 g/mol. The highest BCUT2D eigenvalue weighted by molar-refractivity contribution is 6.27. The predicted octanol–water partition coefficient (Wildman–Crippen LogP) is 1.42. The van der Waals surface area contributed by atoms with E-state index in [9.17, 15) is 10.1 Å². The Bertz CT molecular complexity index is 277. The summed E-state index contributed by atoms with van der Waals surface area (Å²) in [5, 5.41) is 12.1. The molecule has 3 nitrogen and oxygen atoms in total. The van der Waals surface area contributed by atoms with Gasteiger partial charge in [0, 0.05) is 0 Å². The van der Waals surface area contributed by atoms with Crippen LogP contribution in [0.3, 0.4) is 0 Å². The largest absolute Gasteiger partial charge is 0.336 e. The van der Waals surface area contributed by atoms with Crippen molar-refractivity contribution >= 4 is 17.5 Å². The highest BCUT2D eigenvalue weighted by atomic mass is 35.5. The third-order valence-corrected chi connectivity index (χ3v) is 3.34. The van der Waals surface area contributed by atoms with Crippen LogP contribution in [0, 0.1) is 23.2 Å². The molecule has 0 saturated heterocycles. The number of carbonyl (C=O) groups excluding carboxylic acids is 1. The Morgan fingerprint density at radius 1 is 1.43 bits per heavy atom. The lowest BCUT2D eigenvalue weighted by Crippen LogP contribution is -2.51. The summed E-state index contributed by atoms with van der Waals surface area (Å²) in [6, 6.07) is 2.31. The van der Waals surface area contributed by atoms with Gasteiger partial charge in [-0.15, -0.1) is 11.6 Å². The van der Waals surface area contributed by atoms with Crippen molar-refractivity contribution in [3.63, 3.8) is 0 Å². The summed E-state index contributed by atoms with van der Waals surface area (Å²) in [7, 11) is 0. The SMILES string of the molecule is N#CC(NC(=O)CCl)(C1CC1)C1CC1. The molecule has 2 rings (SSSR count). The van der Waals surface area contributed by atoms with Crippen molar-refractivity contribution in [3.8, 4) is 6.07 Å². The lowest BCUT2D eigenvalue weighted by molar-refractivity contribution is -0.120. The average Bonchev–Trinajstić information content (AvgIpc) is 3.05. The molecule has 0 bridgehead atoms. The zero-order valence-corrected chi connectivity index (χ0v) is 8.68. The summed E-state index contributed by atoms with van der Waals surface area (Å²) >= 11 is 5.44. The number of alkyl halides is 1. The van der Waals surface area contributed by atoms with Crippen molar-refractivity contribution in [1.82, 2.24) is 5.32 Å². The molecule has 4 heteroatoms. The van der Waals surface area contributed by atoms with Gasteiger partial charge in [-0.3, -0.25) is 4.79 Å². The van der Waals surface area contributed by atoms with E-state index in [1.807, 2.05) is 0 Å². The van der Waals surface area contributed by atoms with E-state index in [1.54, 1.807) is 0 Å². The van der Waals surface area contributed by atoms with Crippen LogP contribution in [0.1, 0.15) is 25.7 Å². The lowest BCUT2D eigenvalue weighted by atomic mass is 9.89. The molecule has 0 spiro atoms. The first-order valence-corrected chi connectivity index (χ1v) is 5.54. The van der Waals surface area contributed by atoms with Crippen LogP contribution in [0.25, 0.3) is 0 Å². The van der Waals surface area contributed by atoms with E-state index >= 15 is 0 Å². The molecule has 0 heterocycles. The van der Waals surface area contributed by atoms with Crippen LogP contribution in [0.4, 0.5) is 0 Å². The van der Waals surface area contributed by atoms with Gasteiger partial charge in [-0.1, -0.05) is 0 Å². The fourth-order valence-electron chi connectivity index (χ4n) is 2.09. The van der Waals surface area contributed by atoms with Gasteiger partial charge in [-0.2, -0.15) is 5.26 Å². The molecule has 2 saturated carbocycles. The Hall–Kier alpha value is -0.750. The standard InChI is InChI=1S/C10H13ClN2O/c11-5-9(14)13-10(6-12,7-1-2-7)8-3-4-8/h7-8H,1-5H2,(H,13,14). The van der Waals surface area contributed by atoms with Crippen molar-refractivity contribution < 1.29 is 4.79 Å². The van der Waals surface area contributed by atoms with Crippen molar-refractivity contribution in [1.29, 1.82) is 5.26 Å². The molecule has 2 aliphatic carbocycles. The van der Waals surface area contributed by atoms with E-state index in [0.717, 1.165) is 25.7 Å². The lowest BCUT2D eigenvalue weighted by Gasteiger charge is -2.27. The first-order chi connectivity index (χ1) is 6.73. The number of amides is 1. The average molecular weight is 213 g/mol. The van der Waals surface area contributed by atoms with E-state index in [2.05, 4.69) is 11.4 Å². The minimum absolute atomic E-state index is 0.0527. The summed E-state index contributed by atoms with van der Waals surface area (Å²) in [5.41, 5.74) is -0.591. The van der Waals surface area contributed by atoms with Crippen LogP contribution in [-0.4, -0.2) is 17.3 Å². The third-order valence-electron chi connectivity index (χ3n) is 3.10. The fourth-order valence-corrected chi connectivity index (χ4v) is 2.16. The molecule has 0 unspecified atom stereocenters. The van der Waals surface area contributed by atoms with Gasteiger partial charge in [0.15, 0.2) is 0 Å². The van der Waals surface area contributed by atoms with Crippen molar-refractivity contribution in [2.75, 3.05) is 5.88 Å². The molecule has 1 N–H and O–H groups in total. The van der Waals surface area contributed by atoms with E-state index < -0.39 is 5.54 Å². The Labute approximate surface area is 88.4 Å². The van der Waals surface area contributed by atoms with Gasteiger partial charge < -0.3 is 5.32 Å². The smallest absolute Gasteiger partial charge is 0.236 e. The topological polar surface area (TPSA) is 52.9 Å². The number of hydrogen-bond acceptors (Lipinski definition) is 2. The second kappa shape index (κ2) is 3.43. The molecule has 0 aliphatic heterocycles. The van der Waals surface area contributed by atoms with Gasteiger partial charge in [-0.25, -0.2) is 0 Å². The molecule has 0 atom stereocenters. The summed E-state index contributed by atoms with van der Waals surface area (Å²) in [4.78, 5) is 11.3. The van der Waals surface area contributed by atoms with E-state index in [4.69, 9.17) is 11.6 Å². The molecule has 1 amide bonds. The van der Waals surface area contributed by atoms with Crippen LogP contribution in [0.5, 0.6) is 0 Å². The molecule has 0 aromatic carbocycles. The van der Waals surface area contributed by atoms with Gasteiger partial charge in [-0.05, 0) is 37.5 Å². The van der Waals surface area contributed by atoms with Gasteiger partial charge in [0.2, 0.25) is 5.91 Å². The fraction of sp³-hybridized carbons (Fsp3) is 0.800. The zero-order chi connectivity index (χ0) is 10.2. The zero-order valence-electron chi connectivity index (χ0n) is 7.92. The number of rotatable bonds is 4. The maximum absolute atomic E-state index is 11.3. The van der Waals surface area contributed by atoms with Crippen molar-refractivity contribution in [2.24, 2.45) is 11.8 Å². The molecule has 14 heavy (non-hydrogen) atoms. The number of halogens is 1. The normalized spacial score (nSPS) is 21.4. The second-order valence-corrected chi connectivity index (χ2v) is 4.48. The maximum Gasteiger partial charge on any atom is 0.236 e. The van der Waals surface area contributed by atoms with Gasteiger partial charge in [0.25, 0.3) is 0 Å². The summed E-state index contributed by atoms with van der Waals surface area (Å²) in [6.45, 7) is 0. The Balaban J connectivity index is 2.11. The third kappa shape index (κ3) is 1.59. The van der Waals surface area contributed by atoms with E-state index in [-0.39, 0.29) is 11.8 Å². The van der Waals surface area contributed by atoms with Gasteiger partial charge in [0.05, 0.1) is 6.07 Å². The van der Waals surface area contributed by atoms with Crippen molar-refractivity contribution in [2.45, 2.75) is 31.2 Å². The maximum atomic E-state index is 11.3. The van der Waals surface area contributed by atoms with Gasteiger partial charge in [0.1, 0.15) is 11.4 Å². The molecular formula is C10H13ClN2O. The Morgan fingerprint density at radius 3 is 2.21 bits per heavy atom. The quantitative estimate of drug-likeness (QED) is 0.717. The second-order valence-electron chi connectivity index (χ2n) is 4.21. The summed E-state index contributed by atoms with van der Waals surface area (Å²) in [5.74, 6) is 0.467.